The normalized spacial score (nSPS) is 35.4. The van der Waals surface area contributed by atoms with Gasteiger partial charge in [0.2, 0.25) is 0 Å². The van der Waals surface area contributed by atoms with Gasteiger partial charge in [-0.05, 0) is 24.8 Å². The molecule has 1 aliphatic rings. The highest BCUT2D eigenvalue weighted by molar-refractivity contribution is 5.25. The number of hydrogen-bond donors (Lipinski definition) is 1. The average Bonchev–Trinajstić information content (AvgIpc) is 2.17. The quantitative estimate of drug-likeness (QED) is 0.484. The van der Waals surface area contributed by atoms with Crippen LogP contribution in [0.15, 0.2) is 11.3 Å². The zero-order valence-electron chi connectivity index (χ0n) is 4.86. The topological polar surface area (TPSA) is 26.0 Å². The molecule has 0 aromatic heterocycles. The molecule has 7 heavy (non-hydrogen) atoms. The van der Waals surface area contributed by atoms with E-state index < -0.39 is 0 Å². The van der Waals surface area contributed by atoms with Gasteiger partial charge in [-0.1, -0.05) is 6.92 Å². The highest BCUT2D eigenvalue weighted by atomic mass is 14.6. The summed E-state index contributed by atoms with van der Waals surface area (Å²) in [6, 6.07) is 0. The van der Waals surface area contributed by atoms with E-state index in [1.54, 1.807) is 0 Å². The smallest absolute Gasteiger partial charge is 0.00438 e. The van der Waals surface area contributed by atoms with Gasteiger partial charge in [0.15, 0.2) is 0 Å². The summed E-state index contributed by atoms with van der Waals surface area (Å²) in [7, 11) is 0. The maximum atomic E-state index is 5.47. The predicted molar refractivity (Wildman–Crippen MR) is 30.7 cm³/mol. The molecule has 2 N–H and O–H groups in total. The van der Waals surface area contributed by atoms with Crippen LogP contribution < -0.4 is 5.73 Å². The fourth-order valence-corrected chi connectivity index (χ4v) is 0.821. The SMILES string of the molecule is CC(N)=C1CC1C. The summed E-state index contributed by atoms with van der Waals surface area (Å²) in [5.41, 5.74) is 7.96. The molecule has 0 aromatic carbocycles. The van der Waals surface area contributed by atoms with Gasteiger partial charge < -0.3 is 5.73 Å². The molecular weight excluding hydrogens is 86.1 g/mol. The second-order valence-corrected chi connectivity index (χ2v) is 2.31. The fourth-order valence-electron chi connectivity index (χ4n) is 0.821. The van der Waals surface area contributed by atoms with Gasteiger partial charge in [0.25, 0.3) is 0 Å². The van der Waals surface area contributed by atoms with Crippen molar-refractivity contribution in [3.05, 3.63) is 11.3 Å². The minimum absolute atomic E-state index is 0.796. The van der Waals surface area contributed by atoms with Crippen LogP contribution in [-0.2, 0) is 0 Å². The summed E-state index contributed by atoms with van der Waals surface area (Å²) >= 11 is 0. The Labute approximate surface area is 44.2 Å². The molecular formula is C6H11N. The Morgan fingerprint density at radius 3 is 2.29 bits per heavy atom. The summed E-state index contributed by atoms with van der Waals surface area (Å²) in [5.74, 6) is 0.796. The third kappa shape index (κ3) is 0.763. The lowest BCUT2D eigenvalue weighted by molar-refractivity contribution is 1.01. The molecule has 0 saturated heterocycles. The van der Waals surface area contributed by atoms with Crippen molar-refractivity contribution in [2.45, 2.75) is 20.3 Å². The number of rotatable bonds is 0. The molecule has 1 rings (SSSR count). The molecule has 0 spiro atoms. The second-order valence-electron chi connectivity index (χ2n) is 2.31. The minimum Gasteiger partial charge on any atom is -0.402 e. The first-order valence-corrected chi connectivity index (χ1v) is 2.67. The Kier molecular flexibility index (Phi) is 0.841. The number of allylic oxidation sites excluding steroid dienone is 2. The Bertz CT molecular complexity index is 109. The lowest BCUT2D eigenvalue weighted by Gasteiger charge is -1.81. The van der Waals surface area contributed by atoms with Crippen LogP contribution in [0.5, 0.6) is 0 Å². The van der Waals surface area contributed by atoms with Gasteiger partial charge in [0.05, 0.1) is 0 Å². The lowest BCUT2D eigenvalue weighted by atomic mass is 10.4. The van der Waals surface area contributed by atoms with Crippen LogP contribution in [0.1, 0.15) is 20.3 Å². The molecule has 0 amide bonds. The molecule has 1 unspecified atom stereocenters. The predicted octanol–water partition coefficient (Wildman–Crippen LogP) is 1.26. The van der Waals surface area contributed by atoms with E-state index in [-0.39, 0.29) is 0 Å². The third-order valence-electron chi connectivity index (χ3n) is 1.47. The third-order valence-corrected chi connectivity index (χ3v) is 1.47. The molecule has 1 saturated carbocycles. The zero-order valence-corrected chi connectivity index (χ0v) is 4.86. The molecule has 0 heterocycles. The van der Waals surface area contributed by atoms with Crippen LogP contribution in [0.3, 0.4) is 0 Å². The lowest BCUT2D eigenvalue weighted by Crippen LogP contribution is -1.89. The van der Waals surface area contributed by atoms with E-state index in [2.05, 4.69) is 6.92 Å². The van der Waals surface area contributed by atoms with Crippen LogP contribution in [0.4, 0.5) is 0 Å². The first kappa shape index (κ1) is 4.69. The first-order chi connectivity index (χ1) is 3.22. The van der Waals surface area contributed by atoms with E-state index in [9.17, 15) is 0 Å². The van der Waals surface area contributed by atoms with Crippen molar-refractivity contribution in [1.82, 2.24) is 0 Å². The molecule has 1 atom stereocenters. The minimum atomic E-state index is 0.796. The summed E-state index contributed by atoms with van der Waals surface area (Å²) in [6.07, 6.45) is 1.24. The maximum absolute atomic E-state index is 5.47. The second kappa shape index (κ2) is 1.25. The van der Waals surface area contributed by atoms with E-state index in [0.717, 1.165) is 11.6 Å². The van der Waals surface area contributed by atoms with Gasteiger partial charge in [0, 0.05) is 5.70 Å². The highest BCUT2D eigenvalue weighted by Crippen LogP contribution is 2.37. The van der Waals surface area contributed by atoms with E-state index in [0.29, 0.717) is 0 Å². The van der Waals surface area contributed by atoms with Crippen LogP contribution in [0, 0.1) is 5.92 Å². The van der Waals surface area contributed by atoms with Crippen molar-refractivity contribution in [3.63, 3.8) is 0 Å². The summed E-state index contributed by atoms with van der Waals surface area (Å²) in [6.45, 7) is 4.17. The van der Waals surface area contributed by atoms with Crippen LogP contribution in [0.25, 0.3) is 0 Å². The van der Waals surface area contributed by atoms with Gasteiger partial charge in [-0.15, -0.1) is 0 Å². The maximum Gasteiger partial charge on any atom is 0.00438 e. The molecule has 1 nitrogen and oxygen atoms in total. The van der Waals surface area contributed by atoms with Gasteiger partial charge >= 0.3 is 0 Å². The summed E-state index contributed by atoms with van der Waals surface area (Å²) in [4.78, 5) is 0. The van der Waals surface area contributed by atoms with Crippen molar-refractivity contribution < 1.29 is 0 Å². The van der Waals surface area contributed by atoms with E-state index in [1.807, 2.05) is 6.92 Å². The molecule has 0 radical (unpaired) electrons. The molecule has 0 bridgehead atoms. The van der Waals surface area contributed by atoms with E-state index >= 15 is 0 Å². The van der Waals surface area contributed by atoms with Gasteiger partial charge in [-0.3, -0.25) is 0 Å². The van der Waals surface area contributed by atoms with Crippen molar-refractivity contribution in [2.75, 3.05) is 0 Å². The van der Waals surface area contributed by atoms with E-state index in [4.69, 9.17) is 5.73 Å². The molecule has 40 valence electrons. The first-order valence-electron chi connectivity index (χ1n) is 2.67. The fraction of sp³-hybridized carbons (Fsp3) is 0.667. The Balaban J connectivity index is 2.60. The number of hydrogen-bond acceptors (Lipinski definition) is 1. The number of nitrogens with two attached hydrogens (primary N) is 1. The zero-order chi connectivity index (χ0) is 5.44. The van der Waals surface area contributed by atoms with Gasteiger partial charge in [-0.2, -0.15) is 0 Å². The Morgan fingerprint density at radius 2 is 2.29 bits per heavy atom. The van der Waals surface area contributed by atoms with E-state index in [1.165, 1.54) is 12.0 Å². The molecule has 0 aromatic rings. The monoisotopic (exact) mass is 97.1 g/mol. The molecule has 1 aliphatic carbocycles. The molecule has 1 heteroatoms. The Hall–Kier alpha value is -0.460. The summed E-state index contributed by atoms with van der Waals surface area (Å²) in [5, 5.41) is 0. The Morgan fingerprint density at radius 1 is 1.86 bits per heavy atom. The van der Waals surface area contributed by atoms with Crippen molar-refractivity contribution in [1.29, 1.82) is 0 Å². The standard InChI is InChI=1S/C6H11N/c1-4-3-6(4)5(2)7/h4H,3,7H2,1-2H3. The molecule has 0 aliphatic heterocycles. The molecule has 1 fully saturated rings. The van der Waals surface area contributed by atoms with Crippen LogP contribution >= 0.6 is 0 Å². The largest absolute Gasteiger partial charge is 0.402 e. The van der Waals surface area contributed by atoms with Gasteiger partial charge in [0.1, 0.15) is 0 Å². The van der Waals surface area contributed by atoms with Gasteiger partial charge in [-0.25, -0.2) is 0 Å². The summed E-state index contributed by atoms with van der Waals surface area (Å²) < 4.78 is 0. The average molecular weight is 97.2 g/mol. The van der Waals surface area contributed by atoms with Crippen LogP contribution in [0.2, 0.25) is 0 Å². The van der Waals surface area contributed by atoms with Crippen molar-refractivity contribution in [2.24, 2.45) is 11.7 Å². The van der Waals surface area contributed by atoms with Crippen LogP contribution in [-0.4, -0.2) is 0 Å². The highest BCUT2D eigenvalue weighted by Gasteiger charge is 2.25. The van der Waals surface area contributed by atoms with Crippen molar-refractivity contribution >= 4 is 0 Å². The van der Waals surface area contributed by atoms with Crippen molar-refractivity contribution in [3.8, 4) is 0 Å².